The van der Waals surface area contributed by atoms with E-state index in [-0.39, 0.29) is 18.6 Å². The number of likely N-dealkylation sites (N-methyl/N-ethyl adjacent to an activating group) is 1. The van der Waals surface area contributed by atoms with Gasteiger partial charge in [0.15, 0.2) is 0 Å². The molecule has 0 aliphatic rings. The SMILES string of the molecule is CC(CO)N(C)C(=O)c1ccc(Cl)cc1Br. The summed E-state index contributed by atoms with van der Waals surface area (Å²) in [5, 5.41) is 9.56. The van der Waals surface area contributed by atoms with Crippen molar-refractivity contribution in [1.29, 1.82) is 0 Å². The first-order chi connectivity index (χ1) is 7.47. The maximum Gasteiger partial charge on any atom is 0.255 e. The van der Waals surface area contributed by atoms with Gasteiger partial charge in [0.05, 0.1) is 18.2 Å². The van der Waals surface area contributed by atoms with Crippen LogP contribution in [0, 0.1) is 0 Å². The van der Waals surface area contributed by atoms with Crippen molar-refractivity contribution in [1.82, 2.24) is 4.90 Å². The maximum atomic E-state index is 12.0. The lowest BCUT2D eigenvalue weighted by molar-refractivity contribution is 0.0681. The molecule has 0 aromatic heterocycles. The van der Waals surface area contributed by atoms with Crippen LogP contribution < -0.4 is 0 Å². The van der Waals surface area contributed by atoms with Crippen molar-refractivity contribution in [2.75, 3.05) is 13.7 Å². The third-order valence-electron chi connectivity index (χ3n) is 2.41. The van der Waals surface area contributed by atoms with Crippen LogP contribution in [0.4, 0.5) is 0 Å². The van der Waals surface area contributed by atoms with Crippen LogP contribution in [0.1, 0.15) is 17.3 Å². The van der Waals surface area contributed by atoms with Crippen molar-refractivity contribution in [2.24, 2.45) is 0 Å². The van der Waals surface area contributed by atoms with Crippen molar-refractivity contribution in [2.45, 2.75) is 13.0 Å². The molecule has 88 valence electrons. The van der Waals surface area contributed by atoms with Gasteiger partial charge in [-0.05, 0) is 41.1 Å². The Kier molecular flexibility index (Phi) is 4.77. The van der Waals surface area contributed by atoms with Gasteiger partial charge in [-0.25, -0.2) is 0 Å². The molecule has 1 unspecified atom stereocenters. The van der Waals surface area contributed by atoms with Crippen LogP contribution in [0.15, 0.2) is 22.7 Å². The van der Waals surface area contributed by atoms with Crippen molar-refractivity contribution in [3.05, 3.63) is 33.3 Å². The van der Waals surface area contributed by atoms with Crippen LogP contribution in [0.2, 0.25) is 5.02 Å². The van der Waals surface area contributed by atoms with Crippen LogP contribution in [0.3, 0.4) is 0 Å². The van der Waals surface area contributed by atoms with Gasteiger partial charge in [0.1, 0.15) is 0 Å². The summed E-state index contributed by atoms with van der Waals surface area (Å²) in [6.45, 7) is 1.72. The molecule has 16 heavy (non-hydrogen) atoms. The fraction of sp³-hybridized carbons (Fsp3) is 0.364. The summed E-state index contributed by atoms with van der Waals surface area (Å²) in [6.07, 6.45) is 0. The van der Waals surface area contributed by atoms with Crippen molar-refractivity contribution >= 4 is 33.4 Å². The smallest absolute Gasteiger partial charge is 0.255 e. The Balaban J connectivity index is 2.96. The van der Waals surface area contributed by atoms with E-state index in [0.717, 1.165) is 0 Å². The third-order valence-corrected chi connectivity index (χ3v) is 3.30. The predicted octanol–water partition coefficient (Wildman–Crippen LogP) is 2.56. The topological polar surface area (TPSA) is 40.5 Å². The molecule has 0 radical (unpaired) electrons. The lowest BCUT2D eigenvalue weighted by Crippen LogP contribution is -2.37. The zero-order valence-electron chi connectivity index (χ0n) is 9.08. The van der Waals surface area contributed by atoms with Gasteiger partial charge in [0, 0.05) is 16.5 Å². The minimum atomic E-state index is -0.213. The van der Waals surface area contributed by atoms with Crippen LogP contribution in [0.25, 0.3) is 0 Å². The van der Waals surface area contributed by atoms with Crippen LogP contribution in [0.5, 0.6) is 0 Å². The average Bonchev–Trinajstić information content (AvgIpc) is 2.26. The number of amides is 1. The monoisotopic (exact) mass is 305 g/mol. The summed E-state index contributed by atoms with van der Waals surface area (Å²) in [4.78, 5) is 13.5. The van der Waals surface area contributed by atoms with E-state index >= 15 is 0 Å². The number of aliphatic hydroxyl groups excluding tert-OH is 1. The van der Waals surface area contributed by atoms with Gasteiger partial charge >= 0.3 is 0 Å². The van der Waals surface area contributed by atoms with E-state index in [0.29, 0.717) is 15.1 Å². The number of halogens is 2. The van der Waals surface area contributed by atoms with Crippen molar-refractivity contribution in [3.8, 4) is 0 Å². The molecule has 0 bridgehead atoms. The molecule has 0 saturated heterocycles. The molecule has 0 saturated carbocycles. The quantitative estimate of drug-likeness (QED) is 0.932. The van der Waals surface area contributed by atoms with E-state index in [1.807, 2.05) is 0 Å². The highest BCUT2D eigenvalue weighted by Crippen LogP contribution is 2.23. The minimum absolute atomic E-state index is 0.0621. The normalized spacial score (nSPS) is 12.3. The van der Waals surface area contributed by atoms with Gasteiger partial charge in [-0.1, -0.05) is 11.6 Å². The van der Waals surface area contributed by atoms with E-state index in [2.05, 4.69) is 15.9 Å². The van der Waals surface area contributed by atoms with E-state index in [1.54, 1.807) is 32.2 Å². The molecule has 1 amide bonds. The molecule has 0 spiro atoms. The lowest BCUT2D eigenvalue weighted by Gasteiger charge is -2.23. The van der Waals surface area contributed by atoms with Gasteiger partial charge in [-0.3, -0.25) is 4.79 Å². The van der Waals surface area contributed by atoms with Crippen LogP contribution in [-0.4, -0.2) is 35.6 Å². The molecule has 0 aliphatic heterocycles. The average molecular weight is 307 g/mol. The Morgan fingerprint density at radius 3 is 2.75 bits per heavy atom. The molecule has 1 N–H and O–H groups in total. The standard InChI is InChI=1S/C11H13BrClNO2/c1-7(6-15)14(2)11(16)9-4-3-8(13)5-10(9)12/h3-5,7,15H,6H2,1-2H3. The molecule has 0 aliphatic carbocycles. The molecule has 1 aromatic rings. The molecule has 1 atom stereocenters. The first kappa shape index (κ1) is 13.5. The summed E-state index contributed by atoms with van der Waals surface area (Å²) in [5.41, 5.74) is 0.534. The van der Waals surface area contributed by atoms with E-state index in [1.165, 1.54) is 4.90 Å². The molecule has 0 heterocycles. The van der Waals surface area contributed by atoms with Crippen LogP contribution in [-0.2, 0) is 0 Å². The number of hydrogen-bond acceptors (Lipinski definition) is 2. The number of hydrogen-bond donors (Lipinski definition) is 1. The highest BCUT2D eigenvalue weighted by molar-refractivity contribution is 9.10. The number of nitrogens with zero attached hydrogens (tertiary/aromatic N) is 1. The van der Waals surface area contributed by atoms with Crippen LogP contribution >= 0.6 is 27.5 Å². The zero-order chi connectivity index (χ0) is 12.3. The van der Waals surface area contributed by atoms with Gasteiger partial charge in [-0.15, -0.1) is 0 Å². The molecular weight excluding hydrogens is 293 g/mol. The summed E-state index contributed by atoms with van der Waals surface area (Å²) < 4.78 is 0.655. The number of aliphatic hydroxyl groups is 1. The highest BCUT2D eigenvalue weighted by atomic mass is 79.9. The lowest BCUT2D eigenvalue weighted by atomic mass is 10.2. The summed E-state index contributed by atoms with van der Waals surface area (Å²) in [7, 11) is 1.66. The fourth-order valence-electron chi connectivity index (χ4n) is 1.18. The number of rotatable bonds is 3. The maximum absolute atomic E-state index is 12.0. The summed E-state index contributed by atoms with van der Waals surface area (Å²) in [6, 6.07) is 4.79. The predicted molar refractivity (Wildman–Crippen MR) is 67.8 cm³/mol. The molecule has 3 nitrogen and oxygen atoms in total. The highest BCUT2D eigenvalue weighted by Gasteiger charge is 2.18. The van der Waals surface area contributed by atoms with Gasteiger partial charge in [-0.2, -0.15) is 0 Å². The second-order valence-corrected chi connectivity index (χ2v) is 4.86. The molecule has 5 heteroatoms. The Morgan fingerprint density at radius 2 is 2.25 bits per heavy atom. The summed E-state index contributed by atoms with van der Waals surface area (Å²) in [5.74, 6) is -0.148. The second kappa shape index (κ2) is 5.66. The Labute approximate surface area is 108 Å². The Morgan fingerprint density at radius 1 is 1.62 bits per heavy atom. The van der Waals surface area contributed by atoms with E-state index in [4.69, 9.17) is 16.7 Å². The van der Waals surface area contributed by atoms with Gasteiger partial charge < -0.3 is 10.0 Å². The van der Waals surface area contributed by atoms with Gasteiger partial charge in [0.25, 0.3) is 5.91 Å². The third kappa shape index (κ3) is 2.97. The van der Waals surface area contributed by atoms with Gasteiger partial charge in [0.2, 0.25) is 0 Å². The number of carbonyl (C=O) groups excluding carboxylic acids is 1. The summed E-state index contributed by atoms with van der Waals surface area (Å²) >= 11 is 9.09. The second-order valence-electron chi connectivity index (χ2n) is 3.57. The number of carbonyl (C=O) groups is 1. The Bertz CT molecular complexity index is 398. The fourth-order valence-corrected chi connectivity index (χ4v) is 2.03. The number of benzene rings is 1. The molecule has 1 aromatic carbocycles. The zero-order valence-corrected chi connectivity index (χ0v) is 11.4. The van der Waals surface area contributed by atoms with Crippen molar-refractivity contribution in [3.63, 3.8) is 0 Å². The minimum Gasteiger partial charge on any atom is -0.394 e. The van der Waals surface area contributed by atoms with E-state index in [9.17, 15) is 4.79 Å². The molecular formula is C11H13BrClNO2. The first-order valence-electron chi connectivity index (χ1n) is 4.80. The Hall–Kier alpha value is -0.580. The molecule has 1 rings (SSSR count). The van der Waals surface area contributed by atoms with Crippen molar-refractivity contribution < 1.29 is 9.90 Å². The molecule has 0 fully saturated rings. The largest absolute Gasteiger partial charge is 0.394 e. The van der Waals surface area contributed by atoms with E-state index < -0.39 is 0 Å². The first-order valence-corrected chi connectivity index (χ1v) is 5.97.